The molecule has 2 rings (SSSR count). The molecule has 0 unspecified atom stereocenters. The highest BCUT2D eigenvalue weighted by atomic mass is 35.5. The van der Waals surface area contributed by atoms with Gasteiger partial charge in [0.1, 0.15) is 0 Å². The summed E-state index contributed by atoms with van der Waals surface area (Å²) in [5.41, 5.74) is 2.27. The van der Waals surface area contributed by atoms with Gasteiger partial charge in [0, 0.05) is 11.8 Å². The summed E-state index contributed by atoms with van der Waals surface area (Å²) in [5.74, 6) is -0.836. The van der Waals surface area contributed by atoms with Gasteiger partial charge < -0.3 is 10.4 Å². The fourth-order valence-electron chi connectivity index (χ4n) is 1.59. The Morgan fingerprint density at radius 3 is 2.90 bits per heavy atom. The number of hydrogen-bond acceptors (Lipinski definition) is 4. The van der Waals surface area contributed by atoms with Gasteiger partial charge in [0.2, 0.25) is 0 Å². The number of carboxylic acid groups (broad SMARTS) is 1. The SMILES string of the molecule is Cc1ccc(Cl)c(Nc2nc(CCC(=O)O)cs2)c1Cl. The number of rotatable bonds is 5. The van der Waals surface area contributed by atoms with Crippen molar-refractivity contribution in [1.82, 2.24) is 4.98 Å². The van der Waals surface area contributed by atoms with Crippen LogP contribution in [0.5, 0.6) is 0 Å². The van der Waals surface area contributed by atoms with E-state index in [-0.39, 0.29) is 6.42 Å². The minimum absolute atomic E-state index is 0.0646. The Morgan fingerprint density at radius 1 is 1.45 bits per heavy atom. The minimum Gasteiger partial charge on any atom is -0.481 e. The largest absolute Gasteiger partial charge is 0.481 e. The highest BCUT2D eigenvalue weighted by Gasteiger charge is 2.11. The van der Waals surface area contributed by atoms with E-state index >= 15 is 0 Å². The topological polar surface area (TPSA) is 62.2 Å². The fraction of sp³-hybridized carbons (Fsp3) is 0.231. The van der Waals surface area contributed by atoms with E-state index in [1.165, 1.54) is 11.3 Å². The molecule has 0 atom stereocenters. The van der Waals surface area contributed by atoms with E-state index in [0.717, 1.165) is 11.3 Å². The summed E-state index contributed by atoms with van der Waals surface area (Å²) in [5, 5.41) is 15.3. The predicted molar refractivity (Wildman–Crippen MR) is 82.6 cm³/mol. The standard InChI is InChI=1S/C13H12Cl2N2O2S/c1-7-2-4-9(14)12(11(7)15)17-13-16-8(6-20-13)3-5-10(18)19/h2,4,6H,3,5H2,1H3,(H,16,17)(H,18,19). The number of aromatic nitrogens is 1. The van der Waals surface area contributed by atoms with Gasteiger partial charge in [0.25, 0.3) is 0 Å². The van der Waals surface area contributed by atoms with E-state index in [1.54, 1.807) is 6.07 Å². The maximum atomic E-state index is 10.5. The molecule has 4 nitrogen and oxygen atoms in total. The molecule has 2 aromatic rings. The summed E-state index contributed by atoms with van der Waals surface area (Å²) < 4.78 is 0. The van der Waals surface area contributed by atoms with Gasteiger partial charge in [-0.1, -0.05) is 29.3 Å². The average Bonchev–Trinajstić information content (AvgIpc) is 2.85. The summed E-state index contributed by atoms with van der Waals surface area (Å²) in [6.07, 6.45) is 0.470. The fourth-order valence-corrected chi connectivity index (χ4v) is 2.81. The average molecular weight is 331 g/mol. The summed E-state index contributed by atoms with van der Waals surface area (Å²) in [6, 6.07) is 3.61. The Hall–Kier alpha value is -1.30. The highest BCUT2D eigenvalue weighted by molar-refractivity contribution is 7.13. The monoisotopic (exact) mass is 330 g/mol. The zero-order chi connectivity index (χ0) is 14.7. The molecule has 0 aliphatic heterocycles. The Bertz CT molecular complexity index is 643. The molecule has 0 amide bonds. The van der Waals surface area contributed by atoms with Crippen molar-refractivity contribution in [2.75, 3.05) is 5.32 Å². The zero-order valence-corrected chi connectivity index (χ0v) is 12.9. The second-order valence-electron chi connectivity index (χ2n) is 4.22. The van der Waals surface area contributed by atoms with Crippen molar-refractivity contribution in [3.63, 3.8) is 0 Å². The molecule has 0 spiro atoms. The molecule has 0 radical (unpaired) electrons. The van der Waals surface area contributed by atoms with E-state index in [2.05, 4.69) is 10.3 Å². The van der Waals surface area contributed by atoms with Gasteiger partial charge >= 0.3 is 5.97 Å². The third-order valence-corrected chi connectivity index (χ3v) is 4.27. The highest BCUT2D eigenvalue weighted by Crippen LogP contribution is 2.35. The zero-order valence-electron chi connectivity index (χ0n) is 10.6. The number of carboxylic acids is 1. The number of nitrogens with one attached hydrogen (secondary N) is 1. The van der Waals surface area contributed by atoms with Crippen molar-refractivity contribution < 1.29 is 9.90 Å². The summed E-state index contributed by atoms with van der Waals surface area (Å²) in [7, 11) is 0. The van der Waals surface area contributed by atoms with Gasteiger partial charge in [-0.3, -0.25) is 4.79 Å². The molecule has 106 valence electrons. The lowest BCUT2D eigenvalue weighted by molar-refractivity contribution is -0.136. The van der Waals surface area contributed by atoms with Gasteiger partial charge in [-0.15, -0.1) is 11.3 Å². The minimum atomic E-state index is -0.836. The first-order valence-corrected chi connectivity index (χ1v) is 7.48. The van der Waals surface area contributed by atoms with E-state index < -0.39 is 5.97 Å². The number of aliphatic carboxylic acids is 1. The first-order chi connectivity index (χ1) is 9.47. The van der Waals surface area contributed by atoms with Crippen molar-refractivity contribution in [2.24, 2.45) is 0 Å². The van der Waals surface area contributed by atoms with E-state index in [1.807, 2.05) is 18.4 Å². The van der Waals surface area contributed by atoms with Crippen LogP contribution in [0.3, 0.4) is 0 Å². The molecule has 0 fully saturated rings. The van der Waals surface area contributed by atoms with Crippen LogP contribution in [0.1, 0.15) is 17.7 Å². The molecule has 0 aliphatic rings. The lowest BCUT2D eigenvalue weighted by atomic mass is 10.2. The maximum Gasteiger partial charge on any atom is 0.303 e. The van der Waals surface area contributed by atoms with Crippen LogP contribution >= 0.6 is 34.5 Å². The molecule has 0 bridgehead atoms. The van der Waals surface area contributed by atoms with Crippen LogP contribution in [0.15, 0.2) is 17.5 Å². The molecular weight excluding hydrogens is 319 g/mol. The molecule has 20 heavy (non-hydrogen) atoms. The van der Waals surface area contributed by atoms with Crippen molar-refractivity contribution >= 4 is 51.3 Å². The number of carbonyl (C=O) groups is 1. The normalized spacial score (nSPS) is 10.6. The van der Waals surface area contributed by atoms with Gasteiger partial charge in [-0.2, -0.15) is 0 Å². The third-order valence-electron chi connectivity index (χ3n) is 2.66. The number of anilines is 2. The predicted octanol–water partition coefficient (Wildman–Crippen LogP) is 4.52. The molecular formula is C13H12Cl2N2O2S. The smallest absolute Gasteiger partial charge is 0.303 e. The number of benzene rings is 1. The van der Waals surface area contributed by atoms with Crippen LogP contribution in [0.2, 0.25) is 10.0 Å². The Kier molecular flexibility index (Phi) is 4.86. The molecule has 7 heteroatoms. The Morgan fingerprint density at radius 2 is 2.20 bits per heavy atom. The number of thiazole rings is 1. The first-order valence-electron chi connectivity index (χ1n) is 5.85. The second-order valence-corrected chi connectivity index (χ2v) is 5.86. The van der Waals surface area contributed by atoms with Gasteiger partial charge in [-0.05, 0) is 18.6 Å². The van der Waals surface area contributed by atoms with Crippen LogP contribution in [0.25, 0.3) is 0 Å². The molecule has 0 aliphatic carbocycles. The number of hydrogen-bond donors (Lipinski definition) is 2. The molecule has 1 aromatic carbocycles. The summed E-state index contributed by atoms with van der Waals surface area (Å²) in [6.45, 7) is 1.89. The number of aryl methyl sites for hydroxylation is 2. The van der Waals surface area contributed by atoms with Crippen molar-refractivity contribution in [2.45, 2.75) is 19.8 Å². The molecule has 0 saturated carbocycles. The summed E-state index contributed by atoms with van der Waals surface area (Å²) in [4.78, 5) is 14.8. The molecule has 0 saturated heterocycles. The lowest BCUT2D eigenvalue weighted by Crippen LogP contribution is -1.98. The molecule has 2 N–H and O–H groups in total. The van der Waals surface area contributed by atoms with Crippen LogP contribution in [-0.2, 0) is 11.2 Å². The maximum absolute atomic E-state index is 10.5. The van der Waals surface area contributed by atoms with Crippen molar-refractivity contribution in [3.05, 3.63) is 38.8 Å². The van der Waals surface area contributed by atoms with Crippen LogP contribution in [0, 0.1) is 6.92 Å². The lowest BCUT2D eigenvalue weighted by Gasteiger charge is -2.09. The van der Waals surface area contributed by atoms with E-state index in [0.29, 0.717) is 27.3 Å². The van der Waals surface area contributed by atoms with Gasteiger partial charge in [0.15, 0.2) is 5.13 Å². The van der Waals surface area contributed by atoms with Crippen molar-refractivity contribution in [1.29, 1.82) is 0 Å². The first kappa shape index (κ1) is 15.1. The van der Waals surface area contributed by atoms with Crippen molar-refractivity contribution in [3.8, 4) is 0 Å². The van der Waals surface area contributed by atoms with Crippen LogP contribution in [0.4, 0.5) is 10.8 Å². The number of halogens is 2. The van der Waals surface area contributed by atoms with Gasteiger partial charge in [-0.25, -0.2) is 4.98 Å². The quantitative estimate of drug-likeness (QED) is 0.846. The number of nitrogens with zero attached hydrogens (tertiary/aromatic N) is 1. The Labute approximate surface area is 130 Å². The summed E-state index contributed by atoms with van der Waals surface area (Å²) >= 11 is 13.7. The van der Waals surface area contributed by atoms with E-state index in [9.17, 15) is 4.79 Å². The molecule has 1 aromatic heterocycles. The van der Waals surface area contributed by atoms with Crippen LogP contribution < -0.4 is 5.32 Å². The van der Waals surface area contributed by atoms with Crippen LogP contribution in [-0.4, -0.2) is 16.1 Å². The second kappa shape index (κ2) is 6.43. The third kappa shape index (κ3) is 3.62. The Balaban J connectivity index is 2.15. The molecule has 1 heterocycles. The van der Waals surface area contributed by atoms with E-state index in [4.69, 9.17) is 28.3 Å². The van der Waals surface area contributed by atoms with Gasteiger partial charge in [0.05, 0.1) is 27.8 Å².